The molecule has 228 valence electrons. The standard InChI is InChI=1S/C33H37F2N3O5/c1-33(2,3)21-6-11-24(12-7-21)43-29(31(39)40)16-20-4-9-23(10-5-20)42-15-14-36-30-25-18-38(19-26(25)30)32(41)37-28-17-22(34)8-13-27(28)35/h4-13,17,25-26,29-30,36H,14-16,18-19H2,1-3H3,(H,37,41)(H,39,40)/t25-,26?,29-,30?/m0/s1. The van der Waals surface area contributed by atoms with Crippen LogP contribution in [-0.4, -0.2) is 60.4 Å². The number of benzene rings is 3. The van der Waals surface area contributed by atoms with E-state index in [9.17, 15) is 23.5 Å². The van der Waals surface area contributed by atoms with Crippen LogP contribution in [0.5, 0.6) is 11.5 Å². The third-order valence-corrected chi connectivity index (χ3v) is 8.02. The van der Waals surface area contributed by atoms with Crippen molar-refractivity contribution in [3.8, 4) is 11.5 Å². The summed E-state index contributed by atoms with van der Waals surface area (Å²) >= 11 is 0. The zero-order valence-electron chi connectivity index (χ0n) is 24.5. The van der Waals surface area contributed by atoms with Crippen molar-refractivity contribution in [1.82, 2.24) is 10.2 Å². The van der Waals surface area contributed by atoms with Crippen molar-refractivity contribution in [2.75, 3.05) is 31.6 Å². The summed E-state index contributed by atoms with van der Waals surface area (Å²) in [6.45, 7) is 8.53. The molecule has 2 unspecified atom stereocenters. The monoisotopic (exact) mass is 593 g/mol. The molecule has 1 heterocycles. The van der Waals surface area contributed by atoms with Crippen LogP contribution in [0.3, 0.4) is 0 Å². The first-order valence-corrected chi connectivity index (χ1v) is 14.4. The lowest BCUT2D eigenvalue weighted by Gasteiger charge is -2.21. The van der Waals surface area contributed by atoms with E-state index >= 15 is 0 Å². The number of nitrogens with one attached hydrogen (secondary N) is 2. The highest BCUT2D eigenvalue weighted by Gasteiger charge is 2.56. The summed E-state index contributed by atoms with van der Waals surface area (Å²) < 4.78 is 38.8. The van der Waals surface area contributed by atoms with Crippen LogP contribution in [0.2, 0.25) is 0 Å². The number of hydrogen-bond donors (Lipinski definition) is 3. The highest BCUT2D eigenvalue weighted by Crippen LogP contribution is 2.45. The number of hydrogen-bond acceptors (Lipinski definition) is 5. The number of amides is 2. The van der Waals surface area contributed by atoms with Gasteiger partial charge in [-0.25, -0.2) is 18.4 Å². The molecule has 0 bridgehead atoms. The SMILES string of the molecule is CC(C)(C)c1ccc(O[C@@H](Cc2ccc(OCCNC3C4CN(C(=O)Nc5cc(F)ccc5F)C[C@@H]43)cc2)C(=O)O)cc1. The Kier molecular flexibility index (Phi) is 8.87. The molecule has 0 aromatic heterocycles. The van der Waals surface area contributed by atoms with Crippen molar-refractivity contribution >= 4 is 17.7 Å². The average molecular weight is 594 g/mol. The molecule has 2 aliphatic rings. The lowest BCUT2D eigenvalue weighted by molar-refractivity contribution is -0.145. The lowest BCUT2D eigenvalue weighted by atomic mass is 9.87. The predicted octanol–water partition coefficient (Wildman–Crippen LogP) is 5.47. The maximum atomic E-state index is 13.8. The minimum atomic E-state index is -1.03. The van der Waals surface area contributed by atoms with Gasteiger partial charge in [-0.3, -0.25) is 0 Å². The van der Waals surface area contributed by atoms with E-state index in [2.05, 4.69) is 31.4 Å². The van der Waals surface area contributed by atoms with Crippen molar-refractivity contribution in [1.29, 1.82) is 0 Å². The number of halogens is 2. The molecule has 10 heteroatoms. The number of urea groups is 1. The predicted molar refractivity (Wildman–Crippen MR) is 159 cm³/mol. The van der Waals surface area contributed by atoms with E-state index in [0.29, 0.717) is 55.6 Å². The van der Waals surface area contributed by atoms with Gasteiger partial charge in [-0.2, -0.15) is 0 Å². The van der Waals surface area contributed by atoms with Crippen LogP contribution in [0, 0.1) is 23.5 Å². The average Bonchev–Trinajstić information content (AvgIpc) is 3.40. The van der Waals surface area contributed by atoms with E-state index in [4.69, 9.17) is 9.47 Å². The molecule has 1 aliphatic carbocycles. The third-order valence-electron chi connectivity index (χ3n) is 8.02. The number of ether oxygens (including phenoxy) is 2. The second-order valence-electron chi connectivity index (χ2n) is 12.2. The fourth-order valence-corrected chi connectivity index (χ4v) is 5.49. The number of carbonyl (C=O) groups excluding carboxylic acids is 1. The van der Waals surface area contributed by atoms with Crippen molar-refractivity contribution in [2.24, 2.45) is 11.8 Å². The largest absolute Gasteiger partial charge is 0.492 e. The zero-order chi connectivity index (χ0) is 30.7. The Bertz CT molecular complexity index is 1430. The fraction of sp³-hybridized carbons (Fsp3) is 0.394. The van der Waals surface area contributed by atoms with Gasteiger partial charge in [-0.15, -0.1) is 0 Å². The van der Waals surface area contributed by atoms with E-state index in [1.54, 1.807) is 17.0 Å². The maximum absolute atomic E-state index is 13.8. The van der Waals surface area contributed by atoms with Crippen LogP contribution in [0.1, 0.15) is 31.9 Å². The quantitative estimate of drug-likeness (QED) is 0.255. The van der Waals surface area contributed by atoms with Gasteiger partial charge >= 0.3 is 12.0 Å². The number of piperidine rings is 1. The molecule has 5 rings (SSSR count). The molecule has 1 aliphatic heterocycles. The lowest BCUT2D eigenvalue weighted by Crippen LogP contribution is -2.39. The topological polar surface area (TPSA) is 100 Å². The van der Waals surface area contributed by atoms with Crippen molar-refractivity contribution in [3.05, 3.63) is 89.5 Å². The van der Waals surface area contributed by atoms with E-state index in [0.717, 1.165) is 29.3 Å². The smallest absolute Gasteiger partial charge is 0.345 e. The van der Waals surface area contributed by atoms with Crippen molar-refractivity contribution in [2.45, 2.75) is 44.8 Å². The van der Waals surface area contributed by atoms with Gasteiger partial charge in [0.25, 0.3) is 0 Å². The summed E-state index contributed by atoms with van der Waals surface area (Å²) in [6, 6.07) is 17.7. The molecule has 8 nitrogen and oxygen atoms in total. The van der Waals surface area contributed by atoms with Gasteiger partial charge < -0.3 is 30.1 Å². The molecule has 4 atom stereocenters. The molecule has 2 amide bonds. The Morgan fingerprint density at radius 3 is 2.26 bits per heavy atom. The number of fused-ring (bicyclic) bond motifs is 1. The molecular weight excluding hydrogens is 556 g/mol. The summed E-state index contributed by atoms with van der Waals surface area (Å²) in [6.07, 6.45) is -0.798. The molecule has 1 saturated carbocycles. The summed E-state index contributed by atoms with van der Waals surface area (Å²) in [5.74, 6) is -0.475. The van der Waals surface area contributed by atoms with E-state index in [1.807, 2.05) is 36.4 Å². The summed E-state index contributed by atoms with van der Waals surface area (Å²) in [4.78, 5) is 25.9. The number of anilines is 1. The van der Waals surface area contributed by atoms with Crippen molar-refractivity contribution < 1.29 is 33.0 Å². The molecule has 2 fully saturated rings. The highest BCUT2D eigenvalue weighted by atomic mass is 19.1. The van der Waals surface area contributed by atoms with Crippen LogP contribution < -0.4 is 20.1 Å². The van der Waals surface area contributed by atoms with Gasteiger partial charge in [-0.1, -0.05) is 45.0 Å². The molecule has 3 aromatic carbocycles. The van der Waals surface area contributed by atoms with Crippen LogP contribution in [0.15, 0.2) is 66.7 Å². The van der Waals surface area contributed by atoms with Gasteiger partial charge in [0, 0.05) is 38.2 Å². The maximum Gasteiger partial charge on any atom is 0.345 e. The van der Waals surface area contributed by atoms with Crippen LogP contribution >= 0.6 is 0 Å². The Morgan fingerprint density at radius 2 is 1.63 bits per heavy atom. The van der Waals surface area contributed by atoms with Crippen LogP contribution in [0.25, 0.3) is 0 Å². The number of aliphatic carboxylic acids is 1. The minimum Gasteiger partial charge on any atom is -0.492 e. The zero-order valence-corrected chi connectivity index (χ0v) is 24.5. The van der Waals surface area contributed by atoms with Gasteiger partial charge in [-0.05, 0) is 64.8 Å². The Balaban J connectivity index is 1.01. The fourth-order valence-electron chi connectivity index (χ4n) is 5.49. The number of carboxylic acid groups (broad SMARTS) is 1. The molecule has 1 saturated heterocycles. The second kappa shape index (κ2) is 12.6. The highest BCUT2D eigenvalue weighted by molar-refractivity contribution is 5.89. The molecule has 3 N–H and O–H groups in total. The Labute approximate surface area is 250 Å². The molecular formula is C33H37F2N3O5. The Morgan fingerprint density at radius 1 is 0.977 bits per heavy atom. The van der Waals surface area contributed by atoms with Crippen LogP contribution in [0.4, 0.5) is 19.3 Å². The summed E-state index contributed by atoms with van der Waals surface area (Å²) in [5, 5.41) is 15.6. The van der Waals surface area contributed by atoms with E-state index in [1.165, 1.54) is 0 Å². The molecule has 3 aromatic rings. The summed E-state index contributed by atoms with van der Waals surface area (Å²) in [7, 11) is 0. The van der Waals surface area contributed by atoms with Gasteiger partial charge in [0.1, 0.15) is 29.7 Å². The molecule has 43 heavy (non-hydrogen) atoms. The Hall–Kier alpha value is -4.18. The third kappa shape index (κ3) is 7.62. The van der Waals surface area contributed by atoms with Crippen LogP contribution in [-0.2, 0) is 16.6 Å². The van der Waals surface area contributed by atoms with Gasteiger partial charge in [0.2, 0.25) is 0 Å². The minimum absolute atomic E-state index is 0.0000591. The molecule has 0 spiro atoms. The number of likely N-dealkylation sites (tertiary alicyclic amines) is 1. The van der Waals surface area contributed by atoms with Crippen molar-refractivity contribution in [3.63, 3.8) is 0 Å². The number of rotatable bonds is 11. The van der Waals surface area contributed by atoms with E-state index < -0.39 is 29.7 Å². The first-order chi connectivity index (χ1) is 20.5. The number of carboxylic acids is 1. The van der Waals surface area contributed by atoms with Gasteiger partial charge in [0.15, 0.2) is 6.10 Å². The normalized spacial score (nSPS) is 19.8. The number of nitrogens with zero attached hydrogens (tertiary/aromatic N) is 1. The first kappa shape index (κ1) is 30.3. The van der Waals surface area contributed by atoms with Gasteiger partial charge in [0.05, 0.1) is 5.69 Å². The second-order valence-corrected chi connectivity index (χ2v) is 12.2. The molecule has 0 radical (unpaired) electrons. The van der Waals surface area contributed by atoms with E-state index in [-0.39, 0.29) is 17.5 Å². The first-order valence-electron chi connectivity index (χ1n) is 14.4. The summed E-state index contributed by atoms with van der Waals surface area (Å²) in [5.41, 5.74) is 1.80. The number of carbonyl (C=O) groups is 2.